The van der Waals surface area contributed by atoms with E-state index in [4.69, 9.17) is 4.74 Å². The number of rotatable bonds is 5. The molecular weight excluding hydrogens is 406 g/mol. The molecule has 2 saturated heterocycles. The summed E-state index contributed by atoms with van der Waals surface area (Å²) in [5.41, 5.74) is 2.18. The quantitative estimate of drug-likeness (QED) is 0.671. The molecule has 0 spiro atoms. The largest absolute Gasteiger partial charge is 0.368 e. The minimum atomic E-state index is -0.790. The number of ketones is 1. The molecule has 0 saturated carbocycles. The Balaban J connectivity index is 1.40. The molecule has 0 bridgehead atoms. The Morgan fingerprint density at radius 3 is 2.81 bits per heavy atom. The van der Waals surface area contributed by atoms with Crippen molar-refractivity contribution in [3.63, 3.8) is 0 Å². The number of amides is 2. The van der Waals surface area contributed by atoms with Crippen molar-refractivity contribution in [3.8, 4) is 0 Å². The molecule has 3 aromatic rings. The molecule has 2 aliphatic rings. The predicted octanol–water partition coefficient (Wildman–Crippen LogP) is 2.14. The van der Waals surface area contributed by atoms with Crippen molar-refractivity contribution in [1.29, 1.82) is 0 Å². The maximum atomic E-state index is 13.5. The number of benzene rings is 2. The lowest BCUT2D eigenvalue weighted by atomic mass is 10.0. The van der Waals surface area contributed by atoms with Gasteiger partial charge < -0.3 is 15.0 Å². The summed E-state index contributed by atoms with van der Waals surface area (Å²) in [6, 6.07) is 17.2. The highest BCUT2D eigenvalue weighted by Gasteiger charge is 2.48. The van der Waals surface area contributed by atoms with Gasteiger partial charge in [-0.1, -0.05) is 36.4 Å². The highest BCUT2D eigenvalue weighted by Crippen LogP contribution is 2.28. The first-order chi connectivity index (χ1) is 15.6. The summed E-state index contributed by atoms with van der Waals surface area (Å²) in [4.78, 5) is 44.8. The third-order valence-corrected chi connectivity index (χ3v) is 6.15. The van der Waals surface area contributed by atoms with Crippen molar-refractivity contribution < 1.29 is 19.1 Å². The zero-order valence-electron chi connectivity index (χ0n) is 17.4. The highest BCUT2D eigenvalue weighted by atomic mass is 16.5. The van der Waals surface area contributed by atoms with E-state index < -0.39 is 12.1 Å². The molecule has 3 unspecified atom stereocenters. The van der Waals surface area contributed by atoms with E-state index in [9.17, 15) is 14.4 Å². The summed E-state index contributed by atoms with van der Waals surface area (Å²) in [6.45, 7) is 0.489. The zero-order valence-corrected chi connectivity index (χ0v) is 17.4. The van der Waals surface area contributed by atoms with Crippen LogP contribution in [0.25, 0.3) is 10.9 Å². The van der Waals surface area contributed by atoms with Gasteiger partial charge in [-0.05, 0) is 36.2 Å². The van der Waals surface area contributed by atoms with E-state index in [2.05, 4.69) is 10.3 Å². The summed E-state index contributed by atoms with van der Waals surface area (Å²) in [7, 11) is 0. The number of nitrogens with zero attached hydrogens (tertiary/aromatic N) is 2. The van der Waals surface area contributed by atoms with Crippen molar-refractivity contribution in [2.75, 3.05) is 13.2 Å². The fourth-order valence-electron chi connectivity index (χ4n) is 4.55. The average molecular weight is 429 g/mol. The van der Waals surface area contributed by atoms with Gasteiger partial charge in [0.15, 0.2) is 5.78 Å². The minimum Gasteiger partial charge on any atom is -0.368 e. The third kappa shape index (κ3) is 3.87. The SMILES string of the molecule is O=C(NC(Cc1ccccc1)C(=O)N1CCC2OCC(=O)C21)c1ccc2ncccc2c1. The van der Waals surface area contributed by atoms with Crippen molar-refractivity contribution in [2.24, 2.45) is 0 Å². The Kier molecular flexibility index (Phi) is 5.41. The molecule has 0 radical (unpaired) electrons. The molecule has 2 aliphatic heterocycles. The molecule has 2 aromatic carbocycles. The summed E-state index contributed by atoms with van der Waals surface area (Å²) < 4.78 is 5.52. The van der Waals surface area contributed by atoms with Gasteiger partial charge in [0.1, 0.15) is 18.7 Å². The van der Waals surface area contributed by atoms with Gasteiger partial charge in [-0.2, -0.15) is 0 Å². The lowest BCUT2D eigenvalue weighted by molar-refractivity contribution is -0.138. The molecule has 2 fully saturated rings. The lowest BCUT2D eigenvalue weighted by Gasteiger charge is -2.27. The fraction of sp³-hybridized carbons (Fsp3) is 0.280. The smallest absolute Gasteiger partial charge is 0.251 e. The van der Waals surface area contributed by atoms with Crippen LogP contribution < -0.4 is 5.32 Å². The molecular formula is C25H23N3O4. The van der Waals surface area contributed by atoms with Crippen LogP contribution in [0.5, 0.6) is 0 Å². The lowest BCUT2D eigenvalue weighted by Crippen LogP contribution is -2.53. The first kappa shape index (κ1) is 20.3. The first-order valence-corrected chi connectivity index (χ1v) is 10.7. The number of carbonyl (C=O) groups is 3. The second-order valence-corrected chi connectivity index (χ2v) is 8.21. The van der Waals surface area contributed by atoms with E-state index in [1.165, 1.54) is 0 Å². The first-order valence-electron chi connectivity index (χ1n) is 10.7. The topological polar surface area (TPSA) is 88.6 Å². The van der Waals surface area contributed by atoms with E-state index in [0.29, 0.717) is 24.9 Å². The van der Waals surface area contributed by atoms with Crippen LogP contribution in [-0.4, -0.2) is 58.8 Å². The minimum absolute atomic E-state index is 0.0416. The van der Waals surface area contributed by atoms with E-state index in [-0.39, 0.29) is 30.3 Å². The van der Waals surface area contributed by atoms with E-state index in [0.717, 1.165) is 16.5 Å². The van der Waals surface area contributed by atoms with Gasteiger partial charge in [-0.25, -0.2) is 0 Å². The van der Waals surface area contributed by atoms with Gasteiger partial charge in [0.25, 0.3) is 5.91 Å². The number of likely N-dealkylation sites (tertiary alicyclic amines) is 1. The molecule has 32 heavy (non-hydrogen) atoms. The maximum absolute atomic E-state index is 13.5. The van der Waals surface area contributed by atoms with Crippen LogP contribution in [-0.2, 0) is 20.7 Å². The number of hydrogen-bond acceptors (Lipinski definition) is 5. The van der Waals surface area contributed by atoms with Crippen LogP contribution in [0.4, 0.5) is 0 Å². The molecule has 1 aromatic heterocycles. The van der Waals surface area contributed by atoms with Gasteiger partial charge in [0.2, 0.25) is 5.91 Å². The number of carbonyl (C=O) groups excluding carboxylic acids is 3. The Bertz CT molecular complexity index is 1180. The Hall–Kier alpha value is -3.58. The van der Waals surface area contributed by atoms with Crippen LogP contribution in [0, 0.1) is 0 Å². The van der Waals surface area contributed by atoms with Gasteiger partial charge >= 0.3 is 0 Å². The number of nitrogens with one attached hydrogen (secondary N) is 1. The van der Waals surface area contributed by atoms with Crippen LogP contribution in [0.3, 0.4) is 0 Å². The number of hydrogen-bond donors (Lipinski definition) is 1. The molecule has 3 atom stereocenters. The predicted molar refractivity (Wildman–Crippen MR) is 118 cm³/mol. The molecule has 0 aliphatic carbocycles. The third-order valence-electron chi connectivity index (χ3n) is 6.15. The van der Waals surface area contributed by atoms with Crippen LogP contribution in [0.2, 0.25) is 0 Å². The number of aromatic nitrogens is 1. The van der Waals surface area contributed by atoms with Crippen molar-refractivity contribution in [2.45, 2.75) is 31.0 Å². The number of ether oxygens (including phenoxy) is 1. The summed E-state index contributed by atoms with van der Waals surface area (Å²) in [5, 5.41) is 3.76. The summed E-state index contributed by atoms with van der Waals surface area (Å²) in [5.74, 6) is -0.668. The van der Waals surface area contributed by atoms with Crippen LogP contribution in [0.15, 0.2) is 66.9 Å². The monoisotopic (exact) mass is 429 g/mol. The van der Waals surface area contributed by atoms with Gasteiger partial charge in [0.05, 0.1) is 11.6 Å². The van der Waals surface area contributed by atoms with Crippen molar-refractivity contribution in [3.05, 3.63) is 78.0 Å². The Morgan fingerprint density at radius 2 is 1.97 bits per heavy atom. The van der Waals surface area contributed by atoms with Crippen LogP contribution in [0.1, 0.15) is 22.3 Å². The van der Waals surface area contributed by atoms with E-state index in [1.807, 2.05) is 42.5 Å². The molecule has 7 nitrogen and oxygen atoms in total. The summed E-state index contributed by atoms with van der Waals surface area (Å²) in [6.07, 6.45) is 2.43. The molecule has 3 heterocycles. The standard InChI is InChI=1S/C25H23N3O4/c29-21-15-32-22-10-12-28(23(21)22)25(31)20(13-16-5-2-1-3-6-16)27-24(30)18-8-9-19-17(14-18)7-4-11-26-19/h1-9,11,14,20,22-23H,10,12-13,15H2,(H,27,30). The van der Waals surface area contributed by atoms with Crippen LogP contribution >= 0.6 is 0 Å². The number of Topliss-reactive ketones (excluding diaryl/α,β-unsaturated/α-hetero) is 1. The molecule has 162 valence electrons. The molecule has 1 N–H and O–H groups in total. The highest BCUT2D eigenvalue weighted by molar-refractivity contribution is 6.01. The van der Waals surface area contributed by atoms with Crippen molar-refractivity contribution in [1.82, 2.24) is 15.2 Å². The number of pyridine rings is 1. The molecule has 2 amide bonds. The van der Waals surface area contributed by atoms with Crippen molar-refractivity contribution >= 4 is 28.5 Å². The number of fused-ring (bicyclic) bond motifs is 2. The normalized spacial score (nSPS) is 20.9. The van der Waals surface area contributed by atoms with E-state index >= 15 is 0 Å². The second kappa shape index (κ2) is 8.51. The second-order valence-electron chi connectivity index (χ2n) is 8.21. The Morgan fingerprint density at radius 1 is 1.12 bits per heavy atom. The molecule has 5 rings (SSSR count). The van der Waals surface area contributed by atoms with Gasteiger partial charge in [0, 0.05) is 30.1 Å². The Labute approximate surface area is 185 Å². The van der Waals surface area contributed by atoms with Gasteiger partial charge in [-0.15, -0.1) is 0 Å². The maximum Gasteiger partial charge on any atom is 0.251 e. The summed E-state index contributed by atoms with van der Waals surface area (Å²) >= 11 is 0. The van der Waals surface area contributed by atoms with E-state index in [1.54, 1.807) is 29.3 Å². The fourth-order valence-corrected chi connectivity index (χ4v) is 4.55. The average Bonchev–Trinajstić information content (AvgIpc) is 3.41. The molecule has 7 heteroatoms. The zero-order chi connectivity index (χ0) is 22.1. The van der Waals surface area contributed by atoms with Gasteiger partial charge in [-0.3, -0.25) is 19.4 Å².